The lowest BCUT2D eigenvalue weighted by Crippen LogP contribution is -2.25. The van der Waals surface area contributed by atoms with Crippen molar-refractivity contribution in [2.75, 3.05) is 5.32 Å². The van der Waals surface area contributed by atoms with Crippen molar-refractivity contribution in [1.29, 1.82) is 0 Å². The van der Waals surface area contributed by atoms with E-state index in [2.05, 4.69) is 16.0 Å². The van der Waals surface area contributed by atoms with Crippen LogP contribution in [0, 0.1) is 13.8 Å². The number of hydrogen-bond acceptors (Lipinski definition) is 6. The van der Waals surface area contributed by atoms with Crippen LogP contribution in [0.25, 0.3) is 11.3 Å². The summed E-state index contributed by atoms with van der Waals surface area (Å²) in [5.74, 6) is -0.139. The molecule has 0 bridgehead atoms. The number of thiazole rings is 1. The molecule has 0 spiro atoms. The quantitative estimate of drug-likeness (QED) is 0.243. The van der Waals surface area contributed by atoms with E-state index >= 15 is 0 Å². The van der Waals surface area contributed by atoms with Gasteiger partial charge in [-0.15, -0.1) is 0 Å². The molecule has 0 aliphatic heterocycles. The Balaban J connectivity index is 1.44. The predicted molar refractivity (Wildman–Crippen MR) is 147 cm³/mol. The molecule has 7 nitrogen and oxygen atoms in total. The topological polar surface area (TPSA) is 103 Å². The third-order valence-corrected chi connectivity index (χ3v) is 7.22. The van der Waals surface area contributed by atoms with Crippen molar-refractivity contribution < 1.29 is 14.7 Å². The Kier molecular flexibility index (Phi) is 6.92. The van der Waals surface area contributed by atoms with Crippen LogP contribution in [-0.2, 0) is 6.54 Å². The number of anilines is 2. The summed E-state index contributed by atoms with van der Waals surface area (Å²) < 4.78 is 0. The third-order valence-electron chi connectivity index (χ3n) is 6.25. The fraction of sp³-hybridized carbons (Fsp3) is 0.207. The fourth-order valence-corrected chi connectivity index (χ4v) is 4.81. The minimum atomic E-state index is -0.232. The Morgan fingerprint density at radius 2 is 1.76 bits per heavy atom. The highest BCUT2D eigenvalue weighted by Gasteiger charge is 2.24. The van der Waals surface area contributed by atoms with Crippen molar-refractivity contribution >= 4 is 34.0 Å². The van der Waals surface area contributed by atoms with Crippen LogP contribution >= 0.6 is 11.3 Å². The van der Waals surface area contributed by atoms with Crippen molar-refractivity contribution in [3.63, 3.8) is 0 Å². The summed E-state index contributed by atoms with van der Waals surface area (Å²) in [5, 5.41) is 19.9. The number of rotatable bonds is 8. The summed E-state index contributed by atoms with van der Waals surface area (Å²) in [6.07, 6.45) is 2.05. The maximum atomic E-state index is 13.3. The number of aromatic nitrogens is 1. The molecule has 188 valence electrons. The van der Waals surface area contributed by atoms with E-state index in [1.54, 1.807) is 19.1 Å². The molecule has 1 heterocycles. The number of phenolic OH excluding ortho intramolecular Hbond substituents is 1. The molecule has 8 heteroatoms. The smallest absolute Gasteiger partial charge is 0.264 e. The average molecular weight is 513 g/mol. The van der Waals surface area contributed by atoms with Crippen LogP contribution in [0.15, 0.2) is 66.7 Å². The van der Waals surface area contributed by atoms with Gasteiger partial charge in [-0.25, -0.2) is 4.98 Å². The Morgan fingerprint density at radius 1 is 0.973 bits per heavy atom. The molecule has 4 N–H and O–H groups in total. The average Bonchev–Trinajstić information content (AvgIpc) is 3.62. The number of carbonyl (C=O) groups is 2. The van der Waals surface area contributed by atoms with Gasteiger partial charge in [0.1, 0.15) is 10.6 Å². The molecular weight excluding hydrogens is 484 g/mol. The van der Waals surface area contributed by atoms with E-state index < -0.39 is 0 Å². The van der Waals surface area contributed by atoms with Gasteiger partial charge in [0.25, 0.3) is 11.8 Å². The molecule has 4 aromatic rings. The van der Waals surface area contributed by atoms with E-state index in [9.17, 15) is 14.7 Å². The molecule has 3 aromatic carbocycles. The first kappa shape index (κ1) is 24.5. The minimum absolute atomic E-state index is 0.0917. The Bertz CT molecular complexity index is 1460. The molecule has 0 atom stereocenters. The van der Waals surface area contributed by atoms with Gasteiger partial charge in [-0.2, -0.15) is 0 Å². The molecule has 2 amide bonds. The maximum absolute atomic E-state index is 13.3. The fourth-order valence-electron chi connectivity index (χ4n) is 3.89. The Morgan fingerprint density at radius 3 is 2.49 bits per heavy atom. The second-order valence-electron chi connectivity index (χ2n) is 9.27. The summed E-state index contributed by atoms with van der Waals surface area (Å²) in [6, 6.07) is 20.7. The van der Waals surface area contributed by atoms with E-state index in [4.69, 9.17) is 4.98 Å². The maximum Gasteiger partial charge on any atom is 0.264 e. The summed E-state index contributed by atoms with van der Waals surface area (Å²) >= 11 is 1.25. The molecule has 0 saturated heterocycles. The lowest BCUT2D eigenvalue weighted by Gasteiger charge is -2.10. The standard InChI is InChI=1S/C29H28N4O3S/c1-17-8-9-21(27(35)31-22-11-12-22)15-23(17)32-29-33-25(20-10-13-24(34)18(2)14-20)26(37-29)28(36)30-16-19-6-4-3-5-7-19/h3-10,13-15,22,34H,11-12,16H2,1-2H3,(H,30,36)(H,31,35)(H,32,33). The summed E-state index contributed by atoms with van der Waals surface area (Å²) in [7, 11) is 0. The number of aromatic hydroxyl groups is 1. The van der Waals surface area contributed by atoms with Crippen molar-refractivity contribution in [3.8, 4) is 17.0 Å². The van der Waals surface area contributed by atoms with Gasteiger partial charge in [-0.1, -0.05) is 47.7 Å². The van der Waals surface area contributed by atoms with Gasteiger partial charge in [0.15, 0.2) is 5.13 Å². The van der Waals surface area contributed by atoms with Gasteiger partial charge in [0, 0.05) is 29.4 Å². The van der Waals surface area contributed by atoms with Crippen molar-refractivity contribution in [1.82, 2.24) is 15.6 Å². The Hall–Kier alpha value is -4.17. The van der Waals surface area contributed by atoms with Crippen molar-refractivity contribution in [3.05, 3.63) is 93.9 Å². The zero-order valence-electron chi connectivity index (χ0n) is 20.7. The number of hydrogen-bond donors (Lipinski definition) is 4. The molecule has 1 saturated carbocycles. The van der Waals surface area contributed by atoms with Gasteiger partial charge >= 0.3 is 0 Å². The van der Waals surface area contributed by atoms with E-state index in [-0.39, 0.29) is 23.6 Å². The van der Waals surface area contributed by atoms with Gasteiger partial charge in [0.05, 0.1) is 5.69 Å². The highest BCUT2D eigenvalue weighted by Crippen LogP contribution is 2.35. The number of aryl methyl sites for hydroxylation is 2. The molecule has 1 fully saturated rings. The van der Waals surface area contributed by atoms with Crippen LogP contribution in [0.3, 0.4) is 0 Å². The van der Waals surface area contributed by atoms with E-state index in [0.717, 1.165) is 35.2 Å². The van der Waals surface area contributed by atoms with Crippen LogP contribution in [0.4, 0.5) is 10.8 Å². The summed E-state index contributed by atoms with van der Waals surface area (Å²) in [4.78, 5) is 31.1. The monoisotopic (exact) mass is 512 g/mol. The third kappa shape index (κ3) is 5.81. The minimum Gasteiger partial charge on any atom is -0.508 e. The van der Waals surface area contributed by atoms with Crippen molar-refractivity contribution in [2.45, 2.75) is 39.3 Å². The second-order valence-corrected chi connectivity index (χ2v) is 10.3. The molecule has 0 radical (unpaired) electrons. The van der Waals surface area contributed by atoms with E-state index in [1.807, 2.05) is 61.5 Å². The number of carbonyl (C=O) groups excluding carboxylic acids is 2. The zero-order valence-corrected chi connectivity index (χ0v) is 21.5. The zero-order chi connectivity index (χ0) is 25.9. The lowest BCUT2D eigenvalue weighted by atomic mass is 10.1. The highest BCUT2D eigenvalue weighted by molar-refractivity contribution is 7.18. The first-order valence-corrected chi connectivity index (χ1v) is 13.0. The first-order valence-electron chi connectivity index (χ1n) is 12.2. The number of benzene rings is 3. The van der Waals surface area contributed by atoms with Gasteiger partial charge in [0.2, 0.25) is 0 Å². The van der Waals surface area contributed by atoms with Crippen LogP contribution in [0.1, 0.15) is 49.6 Å². The van der Waals surface area contributed by atoms with Crippen molar-refractivity contribution in [2.24, 2.45) is 0 Å². The number of phenols is 1. The normalized spacial score (nSPS) is 12.7. The van der Waals surface area contributed by atoms with E-state index in [0.29, 0.717) is 33.4 Å². The predicted octanol–water partition coefficient (Wildman–Crippen LogP) is 5.70. The number of nitrogens with one attached hydrogen (secondary N) is 3. The second kappa shape index (κ2) is 10.4. The molecule has 37 heavy (non-hydrogen) atoms. The number of nitrogens with zero attached hydrogens (tertiary/aromatic N) is 1. The largest absolute Gasteiger partial charge is 0.508 e. The first-order chi connectivity index (χ1) is 17.9. The molecule has 1 aliphatic carbocycles. The SMILES string of the molecule is Cc1cc(-c2nc(Nc3cc(C(=O)NC4CC4)ccc3C)sc2C(=O)NCc2ccccc2)ccc1O. The van der Waals surface area contributed by atoms with E-state index in [1.165, 1.54) is 11.3 Å². The summed E-state index contributed by atoms with van der Waals surface area (Å²) in [5.41, 5.74) is 5.24. The van der Waals surface area contributed by atoms with Crippen LogP contribution < -0.4 is 16.0 Å². The molecule has 5 rings (SSSR count). The van der Waals surface area contributed by atoms with Crippen LogP contribution in [-0.4, -0.2) is 27.9 Å². The lowest BCUT2D eigenvalue weighted by molar-refractivity contribution is 0.0944. The molecule has 1 aromatic heterocycles. The molecule has 1 aliphatic rings. The van der Waals surface area contributed by atoms with Crippen LogP contribution in [0.2, 0.25) is 0 Å². The Labute approximate surface area is 219 Å². The van der Waals surface area contributed by atoms with Crippen LogP contribution in [0.5, 0.6) is 5.75 Å². The van der Waals surface area contributed by atoms with Gasteiger partial charge in [-0.3, -0.25) is 9.59 Å². The molecule has 0 unspecified atom stereocenters. The highest BCUT2D eigenvalue weighted by atomic mass is 32.1. The van der Waals surface area contributed by atoms with Gasteiger partial charge < -0.3 is 21.1 Å². The molecular formula is C29H28N4O3S. The van der Waals surface area contributed by atoms with Gasteiger partial charge in [-0.05, 0) is 73.7 Å². The summed E-state index contributed by atoms with van der Waals surface area (Å²) in [6.45, 7) is 4.16. The number of amides is 2.